The molecule has 4 heteroatoms. The zero-order valence-corrected chi connectivity index (χ0v) is 10.1. The zero-order valence-electron chi connectivity index (χ0n) is 10.1. The van der Waals surface area contributed by atoms with Crippen LogP contribution in [-0.2, 0) is 11.3 Å². The van der Waals surface area contributed by atoms with Crippen LogP contribution >= 0.6 is 0 Å². The summed E-state index contributed by atoms with van der Waals surface area (Å²) in [7, 11) is 1.36. The molecule has 0 aliphatic rings. The van der Waals surface area contributed by atoms with E-state index in [1.54, 1.807) is 18.3 Å². The average molecular weight is 242 g/mol. The van der Waals surface area contributed by atoms with E-state index in [4.69, 9.17) is 0 Å². The minimum Gasteiger partial charge on any atom is -0.465 e. The number of pyridine rings is 1. The summed E-state index contributed by atoms with van der Waals surface area (Å²) in [5.74, 6) is 0.293. The van der Waals surface area contributed by atoms with Crippen LogP contribution < -0.4 is 5.32 Å². The van der Waals surface area contributed by atoms with Gasteiger partial charge in [0.25, 0.3) is 0 Å². The molecular formula is C14H14N2O2. The topological polar surface area (TPSA) is 51.2 Å². The first-order chi connectivity index (χ1) is 8.79. The van der Waals surface area contributed by atoms with Crippen molar-refractivity contribution in [3.63, 3.8) is 0 Å². The number of hydrogen-bond acceptors (Lipinski definition) is 4. The molecule has 0 radical (unpaired) electrons. The van der Waals surface area contributed by atoms with Crippen LogP contribution in [0.25, 0.3) is 0 Å². The first kappa shape index (κ1) is 12.1. The summed E-state index contributed by atoms with van der Waals surface area (Å²) in [4.78, 5) is 15.5. The SMILES string of the molecule is COC(=O)c1ccnc(NCc2ccccc2)c1. The smallest absolute Gasteiger partial charge is 0.338 e. The molecule has 4 nitrogen and oxygen atoms in total. The molecule has 18 heavy (non-hydrogen) atoms. The number of aromatic nitrogens is 1. The molecule has 0 amide bonds. The molecule has 0 aliphatic heterocycles. The Morgan fingerprint density at radius 1 is 1.28 bits per heavy atom. The van der Waals surface area contributed by atoms with Crippen LogP contribution in [0.4, 0.5) is 5.82 Å². The van der Waals surface area contributed by atoms with Crippen molar-refractivity contribution in [3.05, 3.63) is 59.8 Å². The summed E-state index contributed by atoms with van der Waals surface area (Å²) in [6.45, 7) is 0.665. The van der Waals surface area contributed by atoms with Gasteiger partial charge in [0, 0.05) is 12.7 Å². The number of benzene rings is 1. The molecule has 0 spiro atoms. The molecule has 0 unspecified atom stereocenters. The van der Waals surface area contributed by atoms with E-state index in [1.165, 1.54) is 7.11 Å². The van der Waals surface area contributed by atoms with Gasteiger partial charge in [-0.2, -0.15) is 0 Å². The fourth-order valence-electron chi connectivity index (χ4n) is 1.56. The van der Waals surface area contributed by atoms with E-state index >= 15 is 0 Å². The second kappa shape index (κ2) is 5.82. The Hall–Kier alpha value is -2.36. The number of ether oxygens (including phenoxy) is 1. The maximum Gasteiger partial charge on any atom is 0.338 e. The second-order valence-electron chi connectivity index (χ2n) is 3.76. The minimum atomic E-state index is -0.361. The van der Waals surface area contributed by atoms with Crippen molar-refractivity contribution in [2.45, 2.75) is 6.54 Å². The first-order valence-corrected chi connectivity index (χ1v) is 5.62. The van der Waals surface area contributed by atoms with Crippen LogP contribution in [0.5, 0.6) is 0 Å². The van der Waals surface area contributed by atoms with Crippen LogP contribution in [0.2, 0.25) is 0 Å². The van der Waals surface area contributed by atoms with Gasteiger partial charge in [0.2, 0.25) is 0 Å². The van der Waals surface area contributed by atoms with Crippen molar-refractivity contribution in [3.8, 4) is 0 Å². The van der Waals surface area contributed by atoms with Crippen LogP contribution in [-0.4, -0.2) is 18.1 Å². The van der Waals surface area contributed by atoms with Gasteiger partial charge in [0.15, 0.2) is 0 Å². The summed E-state index contributed by atoms with van der Waals surface area (Å²) < 4.78 is 4.66. The summed E-state index contributed by atoms with van der Waals surface area (Å²) in [5.41, 5.74) is 1.64. The molecule has 2 rings (SSSR count). The summed E-state index contributed by atoms with van der Waals surface area (Å²) in [5, 5.41) is 3.16. The van der Waals surface area contributed by atoms with Crippen molar-refractivity contribution in [1.82, 2.24) is 4.98 Å². The van der Waals surface area contributed by atoms with Gasteiger partial charge in [-0.3, -0.25) is 0 Å². The highest BCUT2D eigenvalue weighted by Gasteiger charge is 2.05. The Labute approximate surface area is 106 Å². The Morgan fingerprint density at radius 3 is 2.78 bits per heavy atom. The number of esters is 1. The number of methoxy groups -OCH3 is 1. The van der Waals surface area contributed by atoms with Crippen LogP contribution in [0, 0.1) is 0 Å². The number of nitrogens with zero attached hydrogens (tertiary/aromatic N) is 1. The molecular weight excluding hydrogens is 228 g/mol. The summed E-state index contributed by atoms with van der Waals surface area (Å²) in [6.07, 6.45) is 1.58. The van der Waals surface area contributed by atoms with E-state index in [-0.39, 0.29) is 5.97 Å². The average Bonchev–Trinajstić information content (AvgIpc) is 2.45. The van der Waals surface area contributed by atoms with Crippen LogP contribution in [0.1, 0.15) is 15.9 Å². The van der Waals surface area contributed by atoms with E-state index in [1.807, 2.05) is 30.3 Å². The van der Waals surface area contributed by atoms with Gasteiger partial charge in [0.05, 0.1) is 12.7 Å². The number of anilines is 1. The Balaban J connectivity index is 2.04. The molecule has 0 aliphatic carbocycles. The maximum atomic E-state index is 11.4. The summed E-state index contributed by atoms with van der Waals surface area (Å²) >= 11 is 0. The Morgan fingerprint density at radius 2 is 2.06 bits per heavy atom. The van der Waals surface area contributed by atoms with E-state index in [0.29, 0.717) is 17.9 Å². The lowest BCUT2D eigenvalue weighted by molar-refractivity contribution is 0.0600. The molecule has 2 aromatic rings. The molecule has 0 bridgehead atoms. The van der Waals surface area contributed by atoms with Gasteiger partial charge < -0.3 is 10.1 Å². The lowest BCUT2D eigenvalue weighted by Crippen LogP contribution is -2.05. The van der Waals surface area contributed by atoms with E-state index in [0.717, 1.165) is 5.56 Å². The van der Waals surface area contributed by atoms with Gasteiger partial charge in [-0.1, -0.05) is 30.3 Å². The molecule has 0 saturated heterocycles. The van der Waals surface area contributed by atoms with E-state index < -0.39 is 0 Å². The predicted molar refractivity (Wildman–Crippen MR) is 69.3 cm³/mol. The Kier molecular flexibility index (Phi) is 3.91. The fraction of sp³-hybridized carbons (Fsp3) is 0.143. The van der Waals surface area contributed by atoms with Crippen molar-refractivity contribution >= 4 is 11.8 Å². The van der Waals surface area contributed by atoms with Gasteiger partial charge in [-0.15, -0.1) is 0 Å². The third-order valence-electron chi connectivity index (χ3n) is 2.50. The highest BCUT2D eigenvalue weighted by Crippen LogP contribution is 2.09. The van der Waals surface area contributed by atoms with Crippen LogP contribution in [0.15, 0.2) is 48.7 Å². The molecule has 92 valence electrons. The largest absolute Gasteiger partial charge is 0.465 e. The number of rotatable bonds is 4. The van der Waals surface area contributed by atoms with Crippen molar-refractivity contribution in [2.24, 2.45) is 0 Å². The lowest BCUT2D eigenvalue weighted by Gasteiger charge is -2.06. The van der Waals surface area contributed by atoms with Gasteiger partial charge in [-0.25, -0.2) is 9.78 Å². The van der Waals surface area contributed by atoms with Gasteiger partial charge in [-0.05, 0) is 17.7 Å². The standard InChI is InChI=1S/C14H14N2O2/c1-18-14(17)12-7-8-15-13(9-12)16-10-11-5-3-2-4-6-11/h2-9H,10H2,1H3,(H,15,16). The molecule has 0 saturated carbocycles. The lowest BCUT2D eigenvalue weighted by atomic mass is 10.2. The maximum absolute atomic E-state index is 11.4. The second-order valence-corrected chi connectivity index (χ2v) is 3.76. The van der Waals surface area contributed by atoms with Crippen LogP contribution in [0.3, 0.4) is 0 Å². The molecule has 1 aromatic carbocycles. The monoisotopic (exact) mass is 242 g/mol. The highest BCUT2D eigenvalue weighted by molar-refractivity contribution is 5.89. The normalized spacial score (nSPS) is 9.83. The van der Waals surface area contributed by atoms with E-state index in [2.05, 4.69) is 15.0 Å². The minimum absolute atomic E-state index is 0.361. The molecule has 0 atom stereocenters. The Bertz CT molecular complexity index is 526. The van der Waals surface area contributed by atoms with E-state index in [9.17, 15) is 4.79 Å². The first-order valence-electron chi connectivity index (χ1n) is 5.62. The third-order valence-corrected chi connectivity index (χ3v) is 2.50. The molecule has 0 fully saturated rings. The van der Waals surface area contributed by atoms with Gasteiger partial charge in [0.1, 0.15) is 5.82 Å². The number of carbonyl (C=O) groups excluding carboxylic acids is 1. The number of hydrogen-bond donors (Lipinski definition) is 1. The molecule has 1 aromatic heterocycles. The zero-order chi connectivity index (χ0) is 12.8. The quantitative estimate of drug-likeness (QED) is 0.837. The van der Waals surface area contributed by atoms with Crippen molar-refractivity contribution in [1.29, 1.82) is 0 Å². The fourth-order valence-corrected chi connectivity index (χ4v) is 1.56. The van der Waals surface area contributed by atoms with Gasteiger partial charge >= 0.3 is 5.97 Å². The molecule has 1 N–H and O–H groups in total. The number of nitrogens with one attached hydrogen (secondary N) is 1. The highest BCUT2D eigenvalue weighted by atomic mass is 16.5. The van der Waals surface area contributed by atoms with Crippen molar-refractivity contribution < 1.29 is 9.53 Å². The summed E-state index contributed by atoms with van der Waals surface area (Å²) in [6, 6.07) is 13.3. The molecule has 1 heterocycles. The predicted octanol–water partition coefficient (Wildman–Crippen LogP) is 2.48. The third kappa shape index (κ3) is 3.07. The van der Waals surface area contributed by atoms with Crippen molar-refractivity contribution in [2.75, 3.05) is 12.4 Å². The number of carbonyl (C=O) groups is 1.